The van der Waals surface area contributed by atoms with Crippen molar-refractivity contribution in [2.45, 2.75) is 6.92 Å². The van der Waals surface area contributed by atoms with E-state index in [2.05, 4.69) is 22.6 Å². The molecular formula is C6H7IO2. The molecule has 0 aromatic rings. The van der Waals surface area contributed by atoms with Crippen molar-refractivity contribution in [2.75, 3.05) is 0 Å². The summed E-state index contributed by atoms with van der Waals surface area (Å²) in [5, 5.41) is 8.14. The molecule has 0 spiro atoms. The molecule has 0 aromatic heterocycles. The first-order valence-corrected chi connectivity index (χ1v) is 3.59. The van der Waals surface area contributed by atoms with E-state index in [1.54, 1.807) is 6.08 Å². The summed E-state index contributed by atoms with van der Waals surface area (Å²) in [6.45, 7) is 1.84. The molecule has 0 radical (unpaired) electrons. The van der Waals surface area contributed by atoms with E-state index >= 15 is 0 Å². The zero-order valence-electron chi connectivity index (χ0n) is 4.97. The van der Waals surface area contributed by atoms with Crippen LogP contribution in [0.3, 0.4) is 0 Å². The Balaban J connectivity index is 3.86. The molecule has 0 rings (SSSR count). The lowest BCUT2D eigenvalue weighted by Gasteiger charge is -1.82. The van der Waals surface area contributed by atoms with Gasteiger partial charge in [0.25, 0.3) is 0 Å². The minimum absolute atomic E-state index is 0.910. The fourth-order valence-corrected chi connectivity index (χ4v) is 0.447. The fourth-order valence-electron chi connectivity index (χ4n) is 0.239. The standard InChI is InChI=1S/C6H7IO2/c1-5(4-7)2-3-6(8)9/h2-4H,1H3,(H,8,9)/b3-2+,5-4-. The maximum absolute atomic E-state index is 9.90. The Hall–Kier alpha value is -0.320. The highest BCUT2D eigenvalue weighted by Crippen LogP contribution is 1.98. The topological polar surface area (TPSA) is 37.3 Å². The van der Waals surface area contributed by atoms with Crippen molar-refractivity contribution in [3.63, 3.8) is 0 Å². The summed E-state index contributed by atoms with van der Waals surface area (Å²) in [6.07, 6.45) is 2.67. The molecule has 0 saturated heterocycles. The second kappa shape index (κ2) is 4.55. The summed E-state index contributed by atoms with van der Waals surface area (Å²) < 4.78 is 1.82. The van der Waals surface area contributed by atoms with E-state index in [0.29, 0.717) is 0 Å². The second-order valence-electron chi connectivity index (χ2n) is 1.52. The number of hydrogen-bond acceptors (Lipinski definition) is 1. The first-order chi connectivity index (χ1) is 4.16. The highest BCUT2D eigenvalue weighted by molar-refractivity contribution is 14.1. The maximum Gasteiger partial charge on any atom is 0.328 e. The average molecular weight is 238 g/mol. The van der Waals surface area contributed by atoms with E-state index in [1.807, 2.05) is 11.0 Å². The predicted octanol–water partition coefficient (Wildman–Crippen LogP) is 1.97. The zero-order chi connectivity index (χ0) is 7.28. The summed E-state index contributed by atoms with van der Waals surface area (Å²) in [7, 11) is 0. The SMILES string of the molecule is CC(=C/I)/C=C/C(=O)O. The van der Waals surface area contributed by atoms with Gasteiger partial charge >= 0.3 is 5.97 Å². The minimum Gasteiger partial charge on any atom is -0.478 e. The lowest BCUT2D eigenvalue weighted by Crippen LogP contribution is -1.85. The van der Waals surface area contributed by atoms with Gasteiger partial charge in [0, 0.05) is 6.08 Å². The van der Waals surface area contributed by atoms with Crippen molar-refractivity contribution in [1.82, 2.24) is 0 Å². The van der Waals surface area contributed by atoms with Crippen molar-refractivity contribution < 1.29 is 9.90 Å². The normalized spacial score (nSPS) is 12.4. The van der Waals surface area contributed by atoms with Gasteiger partial charge < -0.3 is 5.11 Å². The van der Waals surface area contributed by atoms with Crippen LogP contribution in [0.5, 0.6) is 0 Å². The third-order valence-corrected chi connectivity index (χ3v) is 1.64. The first kappa shape index (κ1) is 8.68. The molecule has 1 N–H and O–H groups in total. The molecule has 0 heterocycles. The van der Waals surface area contributed by atoms with E-state index in [9.17, 15) is 4.79 Å². The van der Waals surface area contributed by atoms with E-state index in [4.69, 9.17) is 5.11 Å². The van der Waals surface area contributed by atoms with Crippen LogP contribution in [0.15, 0.2) is 21.8 Å². The quantitative estimate of drug-likeness (QED) is 0.453. The van der Waals surface area contributed by atoms with Crippen LogP contribution in [0, 0.1) is 0 Å². The van der Waals surface area contributed by atoms with Crippen LogP contribution in [0.4, 0.5) is 0 Å². The van der Waals surface area contributed by atoms with Crippen LogP contribution in [0.1, 0.15) is 6.92 Å². The van der Waals surface area contributed by atoms with Gasteiger partial charge in [-0.25, -0.2) is 4.79 Å². The molecule has 50 valence electrons. The maximum atomic E-state index is 9.90. The zero-order valence-corrected chi connectivity index (χ0v) is 7.12. The Morgan fingerprint density at radius 3 is 2.44 bits per heavy atom. The van der Waals surface area contributed by atoms with Crippen LogP contribution >= 0.6 is 22.6 Å². The van der Waals surface area contributed by atoms with E-state index < -0.39 is 5.97 Å². The number of aliphatic carboxylic acids is 1. The predicted molar refractivity (Wildman–Crippen MR) is 44.6 cm³/mol. The van der Waals surface area contributed by atoms with Gasteiger partial charge in [-0.15, -0.1) is 0 Å². The molecule has 9 heavy (non-hydrogen) atoms. The van der Waals surface area contributed by atoms with Gasteiger partial charge in [-0.1, -0.05) is 28.7 Å². The molecular weight excluding hydrogens is 231 g/mol. The highest BCUT2D eigenvalue weighted by Gasteiger charge is 1.83. The number of rotatable bonds is 2. The summed E-state index contributed by atoms with van der Waals surface area (Å²) in [4.78, 5) is 9.90. The molecule has 0 aliphatic rings. The number of carboxylic acid groups (broad SMARTS) is 1. The van der Waals surface area contributed by atoms with Crippen molar-refractivity contribution in [1.29, 1.82) is 0 Å². The summed E-state index contributed by atoms with van der Waals surface area (Å²) >= 11 is 2.05. The molecule has 0 aromatic carbocycles. The van der Waals surface area contributed by atoms with Gasteiger partial charge in [0.2, 0.25) is 0 Å². The summed E-state index contributed by atoms with van der Waals surface area (Å²) in [5.41, 5.74) is 0.943. The van der Waals surface area contributed by atoms with Crippen molar-refractivity contribution in [3.05, 3.63) is 21.8 Å². The molecule has 0 bridgehead atoms. The van der Waals surface area contributed by atoms with Crippen LogP contribution in [0.2, 0.25) is 0 Å². The molecule has 2 nitrogen and oxygen atoms in total. The average Bonchev–Trinajstić information content (AvgIpc) is 1.83. The van der Waals surface area contributed by atoms with Crippen molar-refractivity contribution >= 4 is 28.6 Å². The van der Waals surface area contributed by atoms with Gasteiger partial charge in [-0.3, -0.25) is 0 Å². The second-order valence-corrected chi connectivity index (χ2v) is 2.15. The Bertz CT molecular complexity index is 158. The summed E-state index contributed by atoms with van der Waals surface area (Å²) in [6, 6.07) is 0. The van der Waals surface area contributed by atoms with E-state index in [-0.39, 0.29) is 0 Å². The van der Waals surface area contributed by atoms with Gasteiger partial charge in [0.15, 0.2) is 0 Å². The molecule has 0 unspecified atom stereocenters. The molecule has 0 fully saturated rings. The smallest absolute Gasteiger partial charge is 0.328 e. The van der Waals surface area contributed by atoms with Crippen molar-refractivity contribution in [2.24, 2.45) is 0 Å². The van der Waals surface area contributed by atoms with Gasteiger partial charge in [-0.05, 0) is 16.6 Å². The largest absolute Gasteiger partial charge is 0.478 e. The van der Waals surface area contributed by atoms with Crippen LogP contribution in [-0.4, -0.2) is 11.1 Å². The lowest BCUT2D eigenvalue weighted by atomic mass is 10.3. The van der Waals surface area contributed by atoms with Crippen LogP contribution < -0.4 is 0 Å². The number of allylic oxidation sites excluding steroid dienone is 2. The number of carboxylic acids is 1. The number of hydrogen-bond donors (Lipinski definition) is 1. The molecule has 3 heteroatoms. The lowest BCUT2D eigenvalue weighted by molar-refractivity contribution is -0.131. The van der Waals surface area contributed by atoms with E-state index in [1.165, 1.54) is 0 Å². The minimum atomic E-state index is -0.910. The van der Waals surface area contributed by atoms with Gasteiger partial charge in [0.05, 0.1) is 0 Å². The first-order valence-electron chi connectivity index (χ1n) is 2.35. The van der Waals surface area contributed by atoms with Crippen LogP contribution in [-0.2, 0) is 4.79 Å². The molecule has 0 atom stereocenters. The number of carbonyl (C=O) groups is 1. The van der Waals surface area contributed by atoms with Gasteiger partial charge in [0.1, 0.15) is 0 Å². The van der Waals surface area contributed by atoms with Gasteiger partial charge in [-0.2, -0.15) is 0 Å². The Labute approximate surface area is 67.4 Å². The summed E-state index contributed by atoms with van der Waals surface area (Å²) in [5.74, 6) is -0.910. The Kier molecular flexibility index (Phi) is 4.39. The fraction of sp³-hybridized carbons (Fsp3) is 0.167. The highest BCUT2D eigenvalue weighted by atomic mass is 127. The molecule has 0 amide bonds. The molecule has 0 aliphatic carbocycles. The molecule has 0 saturated carbocycles. The van der Waals surface area contributed by atoms with Crippen LogP contribution in [0.25, 0.3) is 0 Å². The third-order valence-electron chi connectivity index (χ3n) is 0.661. The monoisotopic (exact) mass is 238 g/mol. The van der Waals surface area contributed by atoms with E-state index in [0.717, 1.165) is 11.6 Å². The molecule has 0 aliphatic heterocycles. The third kappa shape index (κ3) is 5.55. The number of halogens is 1. The Morgan fingerprint density at radius 2 is 2.11 bits per heavy atom. The van der Waals surface area contributed by atoms with Crippen molar-refractivity contribution in [3.8, 4) is 0 Å². The Morgan fingerprint density at radius 1 is 1.56 bits per heavy atom.